The highest BCUT2D eigenvalue weighted by molar-refractivity contribution is 5.55. The van der Waals surface area contributed by atoms with Crippen molar-refractivity contribution in [3.63, 3.8) is 0 Å². The molecule has 1 aromatic carbocycles. The summed E-state index contributed by atoms with van der Waals surface area (Å²) in [6.07, 6.45) is 6.76. The van der Waals surface area contributed by atoms with E-state index in [2.05, 4.69) is 12.1 Å². The maximum absolute atomic E-state index is 6.09. The molecule has 0 N–H and O–H groups in total. The summed E-state index contributed by atoms with van der Waals surface area (Å²) in [7, 11) is 0. The van der Waals surface area contributed by atoms with Crippen LogP contribution in [-0.2, 0) is 5.41 Å². The predicted octanol–water partition coefficient (Wildman–Crippen LogP) is 3.04. The van der Waals surface area contributed by atoms with Crippen LogP contribution in [0.4, 0.5) is 0 Å². The first-order valence-corrected chi connectivity index (χ1v) is 6.30. The fourth-order valence-electron chi connectivity index (χ4n) is 2.75. The predicted molar refractivity (Wildman–Crippen MR) is 61.1 cm³/mol. The molecule has 0 aromatic heterocycles. The van der Waals surface area contributed by atoms with Gasteiger partial charge in [-0.2, -0.15) is 0 Å². The van der Waals surface area contributed by atoms with E-state index < -0.39 is 0 Å². The molecule has 2 nitrogen and oxygen atoms in total. The van der Waals surface area contributed by atoms with E-state index in [9.17, 15) is 0 Å². The van der Waals surface area contributed by atoms with Gasteiger partial charge in [0.05, 0.1) is 12.7 Å². The lowest BCUT2D eigenvalue weighted by Crippen LogP contribution is -2.25. The van der Waals surface area contributed by atoms with Crippen molar-refractivity contribution >= 4 is 0 Å². The van der Waals surface area contributed by atoms with Crippen LogP contribution in [0.2, 0.25) is 0 Å². The van der Waals surface area contributed by atoms with Gasteiger partial charge in [-0.3, -0.25) is 0 Å². The number of hydrogen-bond acceptors (Lipinski definition) is 2. The molecule has 0 amide bonds. The molecule has 0 atom stereocenters. The Balaban J connectivity index is 1.73. The summed E-state index contributed by atoms with van der Waals surface area (Å²) in [6.45, 7) is 0.868. The summed E-state index contributed by atoms with van der Waals surface area (Å²) in [4.78, 5) is 0. The minimum Gasteiger partial charge on any atom is -0.492 e. The fraction of sp³-hybridized carbons (Fsp3) is 0.571. The van der Waals surface area contributed by atoms with Gasteiger partial charge in [0, 0.05) is 11.0 Å². The molecule has 2 aliphatic carbocycles. The Morgan fingerprint density at radius 3 is 2.81 bits per heavy atom. The highest BCUT2D eigenvalue weighted by Gasteiger charge is 2.52. The molecule has 2 fully saturated rings. The standard InChI is InChI=1S/C14H16O2/c1-3-10(4-1)16-12-6-2-5-11-13(12)14(7-8-14)9-15-11/h2,5-6,10H,1,3-4,7-9H2. The zero-order valence-corrected chi connectivity index (χ0v) is 9.37. The number of ether oxygens (including phenoxy) is 2. The average Bonchev–Trinajstić information content (AvgIpc) is 2.91. The minimum atomic E-state index is 0.329. The average molecular weight is 216 g/mol. The first kappa shape index (κ1) is 8.91. The van der Waals surface area contributed by atoms with Gasteiger partial charge >= 0.3 is 0 Å². The first-order chi connectivity index (χ1) is 7.87. The van der Waals surface area contributed by atoms with Crippen molar-refractivity contribution in [3.8, 4) is 11.5 Å². The molecule has 84 valence electrons. The van der Waals surface area contributed by atoms with E-state index in [4.69, 9.17) is 9.47 Å². The molecule has 1 spiro atoms. The molecular formula is C14H16O2. The highest BCUT2D eigenvalue weighted by Crippen LogP contribution is 2.58. The van der Waals surface area contributed by atoms with Crippen molar-refractivity contribution in [2.24, 2.45) is 0 Å². The summed E-state index contributed by atoms with van der Waals surface area (Å²) < 4.78 is 11.9. The lowest BCUT2D eigenvalue weighted by Gasteiger charge is -2.27. The van der Waals surface area contributed by atoms with Crippen LogP contribution in [0.5, 0.6) is 11.5 Å². The van der Waals surface area contributed by atoms with Crippen LogP contribution in [-0.4, -0.2) is 12.7 Å². The van der Waals surface area contributed by atoms with Gasteiger partial charge in [0.1, 0.15) is 11.5 Å². The van der Waals surface area contributed by atoms with Gasteiger partial charge in [-0.05, 0) is 44.2 Å². The number of benzene rings is 1. The second kappa shape index (κ2) is 2.93. The Morgan fingerprint density at radius 1 is 1.25 bits per heavy atom. The number of rotatable bonds is 2. The van der Waals surface area contributed by atoms with E-state index in [1.165, 1.54) is 37.7 Å². The molecule has 2 saturated carbocycles. The Bertz CT molecular complexity index is 430. The van der Waals surface area contributed by atoms with E-state index in [0.29, 0.717) is 11.5 Å². The SMILES string of the molecule is c1cc2c(c(OC3CCC3)c1)C1(CC1)CO2. The van der Waals surface area contributed by atoms with Crippen LogP contribution in [0.15, 0.2) is 18.2 Å². The van der Waals surface area contributed by atoms with E-state index in [1.54, 1.807) is 0 Å². The quantitative estimate of drug-likeness (QED) is 0.756. The molecule has 1 heterocycles. The molecule has 16 heavy (non-hydrogen) atoms. The molecule has 0 bridgehead atoms. The third kappa shape index (κ3) is 1.13. The smallest absolute Gasteiger partial charge is 0.127 e. The van der Waals surface area contributed by atoms with Crippen molar-refractivity contribution in [1.29, 1.82) is 0 Å². The van der Waals surface area contributed by atoms with Crippen LogP contribution in [0.25, 0.3) is 0 Å². The van der Waals surface area contributed by atoms with Gasteiger partial charge < -0.3 is 9.47 Å². The number of fused-ring (bicyclic) bond motifs is 2. The van der Waals surface area contributed by atoms with Gasteiger partial charge in [-0.1, -0.05) is 6.07 Å². The molecule has 0 unspecified atom stereocenters. The maximum Gasteiger partial charge on any atom is 0.127 e. The summed E-state index contributed by atoms with van der Waals surface area (Å²) in [5.41, 5.74) is 1.69. The molecule has 1 aromatic rings. The topological polar surface area (TPSA) is 18.5 Å². The molecule has 0 radical (unpaired) electrons. The lowest BCUT2D eigenvalue weighted by atomic mass is 9.94. The van der Waals surface area contributed by atoms with Gasteiger partial charge in [0.25, 0.3) is 0 Å². The van der Waals surface area contributed by atoms with Crippen LogP contribution in [0.3, 0.4) is 0 Å². The molecule has 1 aliphatic heterocycles. The largest absolute Gasteiger partial charge is 0.492 e. The summed E-state index contributed by atoms with van der Waals surface area (Å²) in [6, 6.07) is 6.25. The number of hydrogen-bond donors (Lipinski definition) is 0. The molecule has 3 aliphatic rings. The van der Waals surface area contributed by atoms with Gasteiger partial charge in [-0.15, -0.1) is 0 Å². The van der Waals surface area contributed by atoms with Gasteiger partial charge in [-0.25, -0.2) is 0 Å². The maximum atomic E-state index is 6.09. The summed E-state index contributed by atoms with van der Waals surface area (Å²) in [5.74, 6) is 2.16. The minimum absolute atomic E-state index is 0.329. The third-order valence-electron chi connectivity index (χ3n) is 4.22. The van der Waals surface area contributed by atoms with Crippen LogP contribution < -0.4 is 9.47 Å². The third-order valence-corrected chi connectivity index (χ3v) is 4.22. The van der Waals surface area contributed by atoms with Crippen LogP contribution in [0.1, 0.15) is 37.7 Å². The fourth-order valence-corrected chi connectivity index (χ4v) is 2.75. The van der Waals surface area contributed by atoms with Crippen LogP contribution >= 0.6 is 0 Å². The normalized spacial score (nSPS) is 24.8. The Labute approximate surface area is 95.6 Å². The zero-order valence-electron chi connectivity index (χ0n) is 9.37. The summed E-state index contributed by atoms with van der Waals surface area (Å²) >= 11 is 0. The Morgan fingerprint density at radius 2 is 2.12 bits per heavy atom. The van der Waals surface area contributed by atoms with Crippen molar-refractivity contribution < 1.29 is 9.47 Å². The first-order valence-electron chi connectivity index (χ1n) is 6.30. The van der Waals surface area contributed by atoms with E-state index in [0.717, 1.165) is 18.1 Å². The second-order valence-corrected chi connectivity index (χ2v) is 5.37. The van der Waals surface area contributed by atoms with E-state index >= 15 is 0 Å². The highest BCUT2D eigenvalue weighted by atomic mass is 16.5. The molecular weight excluding hydrogens is 200 g/mol. The van der Waals surface area contributed by atoms with Crippen molar-refractivity contribution in [1.82, 2.24) is 0 Å². The lowest BCUT2D eigenvalue weighted by molar-refractivity contribution is 0.118. The van der Waals surface area contributed by atoms with Crippen molar-refractivity contribution in [2.45, 2.75) is 43.6 Å². The Hall–Kier alpha value is -1.18. The van der Waals surface area contributed by atoms with E-state index in [-0.39, 0.29) is 0 Å². The summed E-state index contributed by atoms with van der Waals surface area (Å²) in [5, 5.41) is 0. The Kier molecular flexibility index (Phi) is 1.63. The van der Waals surface area contributed by atoms with Gasteiger partial charge in [0.2, 0.25) is 0 Å². The van der Waals surface area contributed by atoms with E-state index in [1.807, 2.05) is 6.07 Å². The monoisotopic (exact) mass is 216 g/mol. The van der Waals surface area contributed by atoms with Gasteiger partial charge in [0.15, 0.2) is 0 Å². The van der Waals surface area contributed by atoms with Crippen molar-refractivity contribution in [2.75, 3.05) is 6.61 Å². The van der Waals surface area contributed by atoms with Crippen LogP contribution in [0, 0.1) is 0 Å². The van der Waals surface area contributed by atoms with Crippen molar-refractivity contribution in [3.05, 3.63) is 23.8 Å². The zero-order chi connectivity index (χ0) is 10.6. The second-order valence-electron chi connectivity index (χ2n) is 5.37. The molecule has 0 saturated heterocycles. The molecule has 4 rings (SSSR count). The molecule has 2 heteroatoms.